The number of nitrogens with zero attached hydrogens (tertiary/aromatic N) is 2. The summed E-state index contributed by atoms with van der Waals surface area (Å²) in [4.78, 5) is 8.05. The van der Waals surface area contributed by atoms with Crippen molar-refractivity contribution in [3.05, 3.63) is 16.1 Å². The minimum Gasteiger partial charge on any atom is -0.379 e. The molecule has 0 bridgehead atoms. The second-order valence-electron chi connectivity index (χ2n) is 4.18. The summed E-state index contributed by atoms with van der Waals surface area (Å²) in [5, 5.41) is 1.20. The predicted octanol–water partition coefficient (Wildman–Crippen LogP) is 1.04. The molecule has 0 saturated carbocycles. The van der Waals surface area contributed by atoms with E-state index in [9.17, 15) is 0 Å². The molecule has 0 aliphatic carbocycles. The number of nitrogens with two attached hydrogens (primary N) is 1. The number of hydrogen-bond acceptors (Lipinski definition) is 5. The first-order valence-electron chi connectivity index (χ1n) is 5.74. The van der Waals surface area contributed by atoms with Crippen LogP contribution in [0.25, 0.3) is 0 Å². The first-order chi connectivity index (χ1) is 7.79. The van der Waals surface area contributed by atoms with Crippen LogP contribution in [0.1, 0.15) is 22.7 Å². The second-order valence-corrected chi connectivity index (χ2v) is 5.33. The number of thiazole rings is 1. The zero-order chi connectivity index (χ0) is 11.4. The minimum atomic E-state index is 0.489. The topological polar surface area (TPSA) is 51.4 Å². The maximum atomic E-state index is 5.59. The van der Waals surface area contributed by atoms with E-state index in [4.69, 9.17) is 10.5 Å². The Morgan fingerprint density at radius 3 is 2.94 bits per heavy atom. The van der Waals surface area contributed by atoms with E-state index in [0.29, 0.717) is 12.5 Å². The van der Waals surface area contributed by atoms with E-state index in [1.54, 1.807) is 11.3 Å². The van der Waals surface area contributed by atoms with Gasteiger partial charge >= 0.3 is 0 Å². The Balaban J connectivity index is 1.88. The van der Waals surface area contributed by atoms with Crippen molar-refractivity contribution in [2.75, 3.05) is 32.8 Å². The molecule has 4 nitrogen and oxygen atoms in total. The van der Waals surface area contributed by atoms with Crippen molar-refractivity contribution < 1.29 is 4.74 Å². The van der Waals surface area contributed by atoms with E-state index in [1.165, 1.54) is 9.88 Å². The number of hydrogen-bond donors (Lipinski definition) is 1. The Morgan fingerprint density at radius 1 is 1.56 bits per heavy atom. The van der Waals surface area contributed by atoms with Crippen molar-refractivity contribution in [2.24, 2.45) is 5.73 Å². The summed E-state index contributed by atoms with van der Waals surface area (Å²) in [6.45, 7) is 7.70. The van der Waals surface area contributed by atoms with E-state index < -0.39 is 0 Å². The molecule has 0 aromatic carbocycles. The molecule has 1 aromatic rings. The van der Waals surface area contributed by atoms with Crippen molar-refractivity contribution in [1.82, 2.24) is 9.88 Å². The lowest BCUT2D eigenvalue weighted by Crippen LogP contribution is -2.38. The molecule has 2 N–H and O–H groups in total. The monoisotopic (exact) mass is 241 g/mol. The van der Waals surface area contributed by atoms with Crippen molar-refractivity contribution >= 4 is 11.3 Å². The van der Waals surface area contributed by atoms with Gasteiger partial charge in [-0.1, -0.05) is 6.92 Å². The second kappa shape index (κ2) is 5.72. The molecular formula is C11H19N3OS. The maximum Gasteiger partial charge on any atom is 0.0969 e. The molecule has 0 radical (unpaired) electrons. The summed E-state index contributed by atoms with van der Waals surface area (Å²) in [5.41, 5.74) is 5.59. The van der Waals surface area contributed by atoms with Gasteiger partial charge in [0.05, 0.1) is 18.2 Å². The largest absolute Gasteiger partial charge is 0.379 e. The highest BCUT2D eigenvalue weighted by atomic mass is 32.1. The van der Waals surface area contributed by atoms with Gasteiger partial charge in [-0.25, -0.2) is 4.98 Å². The Hall–Kier alpha value is -0.490. The van der Waals surface area contributed by atoms with Gasteiger partial charge in [0.25, 0.3) is 0 Å². The first-order valence-corrected chi connectivity index (χ1v) is 6.56. The number of morpholine rings is 1. The van der Waals surface area contributed by atoms with E-state index in [-0.39, 0.29) is 0 Å². The number of ether oxygens (including phenoxy) is 1. The molecule has 1 saturated heterocycles. The van der Waals surface area contributed by atoms with Crippen LogP contribution in [0.5, 0.6) is 0 Å². The average molecular weight is 241 g/mol. The lowest BCUT2D eigenvalue weighted by molar-refractivity contribution is 0.0357. The van der Waals surface area contributed by atoms with Crippen molar-refractivity contribution in [1.29, 1.82) is 0 Å². The van der Waals surface area contributed by atoms with Gasteiger partial charge in [0, 0.05) is 43.2 Å². The van der Waals surface area contributed by atoms with Crippen LogP contribution >= 0.6 is 11.3 Å². The summed E-state index contributed by atoms with van der Waals surface area (Å²) in [7, 11) is 0. The summed E-state index contributed by atoms with van der Waals surface area (Å²) in [6, 6.07) is 0. The Morgan fingerprint density at radius 2 is 2.31 bits per heavy atom. The van der Waals surface area contributed by atoms with Gasteiger partial charge in [-0.2, -0.15) is 0 Å². The molecule has 5 heteroatoms. The summed E-state index contributed by atoms with van der Waals surface area (Å²) >= 11 is 1.74. The minimum absolute atomic E-state index is 0.489. The number of rotatable bonds is 4. The summed E-state index contributed by atoms with van der Waals surface area (Å²) in [6.07, 6.45) is 1.90. The highest BCUT2D eigenvalue weighted by Gasteiger charge is 2.16. The van der Waals surface area contributed by atoms with E-state index in [0.717, 1.165) is 32.8 Å². The molecule has 1 aromatic heterocycles. The highest BCUT2D eigenvalue weighted by molar-refractivity contribution is 7.11. The van der Waals surface area contributed by atoms with Gasteiger partial charge in [-0.05, 0) is 0 Å². The molecule has 0 spiro atoms. The van der Waals surface area contributed by atoms with Crippen LogP contribution in [0.4, 0.5) is 0 Å². The third-order valence-corrected chi connectivity index (χ3v) is 4.08. The van der Waals surface area contributed by atoms with Gasteiger partial charge in [0.2, 0.25) is 0 Å². The van der Waals surface area contributed by atoms with Crippen LogP contribution in [0.15, 0.2) is 6.20 Å². The first kappa shape index (κ1) is 12.0. The molecule has 1 aliphatic rings. The van der Waals surface area contributed by atoms with Crippen LogP contribution in [-0.4, -0.2) is 42.7 Å². The Bertz CT molecular complexity index is 323. The van der Waals surface area contributed by atoms with Gasteiger partial charge in [-0.15, -0.1) is 11.3 Å². The average Bonchev–Trinajstić information content (AvgIpc) is 2.79. The fourth-order valence-corrected chi connectivity index (χ4v) is 2.73. The third-order valence-electron chi connectivity index (χ3n) is 2.83. The fraction of sp³-hybridized carbons (Fsp3) is 0.727. The van der Waals surface area contributed by atoms with Crippen LogP contribution in [-0.2, 0) is 11.3 Å². The number of aromatic nitrogens is 1. The molecule has 2 heterocycles. The SMILES string of the molecule is CC(CN1CCOCC1)c1ncc(CN)s1. The molecular weight excluding hydrogens is 222 g/mol. The van der Waals surface area contributed by atoms with Crippen molar-refractivity contribution in [2.45, 2.75) is 19.4 Å². The fourth-order valence-electron chi connectivity index (χ4n) is 1.89. The van der Waals surface area contributed by atoms with Crippen LogP contribution in [0.2, 0.25) is 0 Å². The van der Waals surface area contributed by atoms with Crippen LogP contribution in [0.3, 0.4) is 0 Å². The zero-order valence-corrected chi connectivity index (χ0v) is 10.5. The molecule has 1 unspecified atom stereocenters. The van der Waals surface area contributed by atoms with Gasteiger partial charge in [-0.3, -0.25) is 4.90 Å². The smallest absolute Gasteiger partial charge is 0.0969 e. The molecule has 0 amide bonds. The normalized spacial score (nSPS) is 19.9. The van der Waals surface area contributed by atoms with E-state index in [1.807, 2.05) is 6.20 Å². The molecule has 1 aliphatic heterocycles. The molecule has 2 rings (SSSR count). The maximum absolute atomic E-state index is 5.59. The quantitative estimate of drug-likeness (QED) is 0.855. The van der Waals surface area contributed by atoms with Crippen molar-refractivity contribution in [3.8, 4) is 0 Å². The Kier molecular flexibility index (Phi) is 4.29. The lowest BCUT2D eigenvalue weighted by atomic mass is 10.2. The lowest BCUT2D eigenvalue weighted by Gasteiger charge is -2.28. The zero-order valence-electron chi connectivity index (χ0n) is 9.69. The van der Waals surface area contributed by atoms with Crippen LogP contribution in [0, 0.1) is 0 Å². The molecule has 90 valence electrons. The van der Waals surface area contributed by atoms with Crippen LogP contribution < -0.4 is 5.73 Å². The molecule has 1 atom stereocenters. The van der Waals surface area contributed by atoms with Gasteiger partial charge < -0.3 is 10.5 Å². The van der Waals surface area contributed by atoms with Gasteiger partial charge in [0.1, 0.15) is 0 Å². The summed E-state index contributed by atoms with van der Waals surface area (Å²) < 4.78 is 5.34. The Labute approximate surface area is 100 Å². The van der Waals surface area contributed by atoms with Gasteiger partial charge in [0.15, 0.2) is 0 Å². The van der Waals surface area contributed by atoms with E-state index in [2.05, 4.69) is 16.8 Å². The molecule has 1 fully saturated rings. The standard InChI is InChI=1S/C11H19N3OS/c1-9(8-14-2-4-15-5-3-14)11-13-7-10(6-12)16-11/h7,9H,2-6,8,12H2,1H3. The predicted molar refractivity (Wildman–Crippen MR) is 65.7 cm³/mol. The third kappa shape index (κ3) is 3.01. The van der Waals surface area contributed by atoms with Crippen molar-refractivity contribution in [3.63, 3.8) is 0 Å². The highest BCUT2D eigenvalue weighted by Crippen LogP contribution is 2.22. The summed E-state index contributed by atoms with van der Waals surface area (Å²) in [5.74, 6) is 0.489. The molecule has 16 heavy (non-hydrogen) atoms. The van der Waals surface area contributed by atoms with E-state index >= 15 is 0 Å².